The van der Waals surface area contributed by atoms with Gasteiger partial charge in [0.1, 0.15) is 16.6 Å². The van der Waals surface area contributed by atoms with Crippen LogP contribution in [0.15, 0.2) is 23.1 Å². The Morgan fingerprint density at radius 3 is 2.58 bits per heavy atom. The van der Waals surface area contributed by atoms with Crippen molar-refractivity contribution in [2.75, 3.05) is 5.73 Å². The predicted molar refractivity (Wildman–Crippen MR) is 73.3 cm³/mol. The lowest BCUT2D eigenvalue weighted by Gasteiger charge is -2.05. The van der Waals surface area contributed by atoms with Crippen LogP contribution in [0.1, 0.15) is 15.6 Å². The van der Waals surface area contributed by atoms with Gasteiger partial charge < -0.3 is 5.73 Å². The molecule has 0 aliphatic carbocycles. The number of benzene rings is 1. The average Bonchev–Trinajstić information content (AvgIpc) is 2.56. The number of rotatable bonds is 3. The Labute approximate surface area is 115 Å². The lowest BCUT2D eigenvalue weighted by atomic mass is 10.3. The standard InChI is InChI=1S/C12H13FN2O2S2/c1-7-8(2)18-12(15-7)6-19(16,17)11-4-3-9(13)5-10(11)14/h3-5H,6,14H2,1-2H3. The van der Waals surface area contributed by atoms with E-state index in [1.807, 2.05) is 13.8 Å². The monoisotopic (exact) mass is 300 g/mol. The Hall–Kier alpha value is -1.47. The molecule has 2 rings (SSSR count). The number of anilines is 1. The molecule has 0 radical (unpaired) electrons. The van der Waals surface area contributed by atoms with E-state index in [9.17, 15) is 12.8 Å². The molecule has 0 amide bonds. The first kappa shape index (κ1) is 14.0. The third-order valence-corrected chi connectivity index (χ3v) is 5.64. The molecule has 7 heteroatoms. The van der Waals surface area contributed by atoms with Crippen LogP contribution in [0.4, 0.5) is 10.1 Å². The molecule has 0 fully saturated rings. The lowest BCUT2D eigenvalue weighted by molar-refractivity contribution is 0.594. The summed E-state index contributed by atoms with van der Waals surface area (Å²) >= 11 is 1.34. The van der Waals surface area contributed by atoms with Crippen molar-refractivity contribution in [3.63, 3.8) is 0 Å². The van der Waals surface area contributed by atoms with E-state index < -0.39 is 15.7 Å². The van der Waals surface area contributed by atoms with Gasteiger partial charge in [-0.2, -0.15) is 0 Å². The zero-order valence-electron chi connectivity index (χ0n) is 10.5. The largest absolute Gasteiger partial charge is 0.398 e. The van der Waals surface area contributed by atoms with E-state index in [-0.39, 0.29) is 16.3 Å². The van der Waals surface area contributed by atoms with Crippen LogP contribution in [0.2, 0.25) is 0 Å². The van der Waals surface area contributed by atoms with Gasteiger partial charge in [0, 0.05) is 4.88 Å². The molecule has 0 bridgehead atoms. The van der Waals surface area contributed by atoms with Crippen LogP contribution in [-0.4, -0.2) is 13.4 Å². The normalized spacial score (nSPS) is 11.7. The van der Waals surface area contributed by atoms with Crippen molar-refractivity contribution in [2.24, 2.45) is 0 Å². The fourth-order valence-electron chi connectivity index (χ4n) is 1.64. The minimum atomic E-state index is -3.61. The Morgan fingerprint density at radius 2 is 2.05 bits per heavy atom. The summed E-state index contributed by atoms with van der Waals surface area (Å²) in [6.07, 6.45) is 0. The molecule has 1 heterocycles. The van der Waals surface area contributed by atoms with Crippen LogP contribution in [0.3, 0.4) is 0 Å². The number of nitrogens with zero attached hydrogens (tertiary/aromatic N) is 1. The van der Waals surface area contributed by atoms with Gasteiger partial charge in [-0.15, -0.1) is 11.3 Å². The molecule has 0 unspecified atom stereocenters. The third kappa shape index (κ3) is 2.93. The summed E-state index contributed by atoms with van der Waals surface area (Å²) in [5.41, 5.74) is 6.30. The second kappa shape index (κ2) is 4.90. The van der Waals surface area contributed by atoms with Gasteiger partial charge in [0.25, 0.3) is 0 Å². The van der Waals surface area contributed by atoms with Gasteiger partial charge >= 0.3 is 0 Å². The van der Waals surface area contributed by atoms with E-state index >= 15 is 0 Å². The molecule has 1 aromatic heterocycles. The van der Waals surface area contributed by atoms with Gasteiger partial charge in [-0.1, -0.05) is 0 Å². The van der Waals surface area contributed by atoms with Crippen LogP contribution in [0, 0.1) is 19.7 Å². The number of hydrogen-bond donors (Lipinski definition) is 1. The molecule has 2 aromatic rings. The number of nitrogens with two attached hydrogens (primary N) is 1. The molecular formula is C12H13FN2O2S2. The van der Waals surface area contributed by atoms with Gasteiger partial charge in [-0.3, -0.25) is 0 Å². The Bertz CT molecular complexity index is 704. The summed E-state index contributed by atoms with van der Waals surface area (Å²) in [4.78, 5) is 5.12. The topological polar surface area (TPSA) is 73.0 Å². The molecule has 19 heavy (non-hydrogen) atoms. The molecule has 102 valence electrons. The van der Waals surface area contributed by atoms with Crippen molar-refractivity contribution in [3.8, 4) is 0 Å². The number of sulfone groups is 1. The van der Waals surface area contributed by atoms with E-state index in [1.54, 1.807) is 0 Å². The van der Waals surface area contributed by atoms with Crippen LogP contribution in [0.25, 0.3) is 0 Å². The Morgan fingerprint density at radius 1 is 1.37 bits per heavy atom. The molecule has 0 saturated heterocycles. The summed E-state index contributed by atoms with van der Waals surface area (Å²) in [5.74, 6) is -0.778. The maximum atomic E-state index is 12.9. The molecule has 0 spiro atoms. The highest BCUT2D eigenvalue weighted by atomic mass is 32.2. The fourth-order valence-corrected chi connectivity index (χ4v) is 4.31. The van der Waals surface area contributed by atoms with Crippen molar-refractivity contribution in [3.05, 3.63) is 39.6 Å². The van der Waals surface area contributed by atoms with Gasteiger partial charge in [-0.25, -0.2) is 17.8 Å². The van der Waals surface area contributed by atoms with Crippen LogP contribution < -0.4 is 5.73 Å². The first-order valence-corrected chi connectivity index (χ1v) is 7.97. The number of halogens is 1. The summed E-state index contributed by atoms with van der Waals surface area (Å²) in [7, 11) is -3.61. The fraction of sp³-hybridized carbons (Fsp3) is 0.250. The zero-order valence-corrected chi connectivity index (χ0v) is 12.1. The lowest BCUT2D eigenvalue weighted by Crippen LogP contribution is -2.08. The number of thiazole rings is 1. The maximum Gasteiger partial charge on any atom is 0.186 e. The smallest absolute Gasteiger partial charge is 0.186 e. The van der Waals surface area contributed by atoms with E-state index in [0.29, 0.717) is 5.01 Å². The van der Waals surface area contributed by atoms with E-state index in [2.05, 4.69) is 4.98 Å². The number of aryl methyl sites for hydroxylation is 2. The zero-order chi connectivity index (χ0) is 14.2. The summed E-state index contributed by atoms with van der Waals surface area (Å²) in [6.45, 7) is 3.71. The highest BCUT2D eigenvalue weighted by molar-refractivity contribution is 7.91. The van der Waals surface area contributed by atoms with Gasteiger partial charge in [0.05, 0.1) is 16.3 Å². The molecular weight excluding hydrogens is 287 g/mol. The van der Waals surface area contributed by atoms with Crippen molar-refractivity contribution in [1.82, 2.24) is 4.98 Å². The van der Waals surface area contributed by atoms with Crippen LogP contribution in [0.5, 0.6) is 0 Å². The first-order valence-electron chi connectivity index (χ1n) is 5.50. The van der Waals surface area contributed by atoms with E-state index in [1.165, 1.54) is 17.4 Å². The van der Waals surface area contributed by atoms with Crippen LogP contribution >= 0.6 is 11.3 Å². The molecule has 0 saturated carbocycles. The van der Waals surface area contributed by atoms with E-state index in [0.717, 1.165) is 22.7 Å². The van der Waals surface area contributed by atoms with Crippen LogP contribution in [-0.2, 0) is 15.6 Å². The van der Waals surface area contributed by atoms with Crippen molar-refractivity contribution >= 4 is 26.9 Å². The number of aromatic nitrogens is 1. The van der Waals surface area contributed by atoms with Crippen molar-refractivity contribution < 1.29 is 12.8 Å². The number of hydrogen-bond acceptors (Lipinski definition) is 5. The quantitative estimate of drug-likeness (QED) is 0.698. The van der Waals surface area contributed by atoms with Gasteiger partial charge in [-0.05, 0) is 32.0 Å². The summed E-state index contributed by atoms with van der Waals surface area (Å²) in [5, 5.41) is 0.513. The molecule has 4 nitrogen and oxygen atoms in total. The highest BCUT2D eigenvalue weighted by Crippen LogP contribution is 2.25. The second-order valence-corrected chi connectivity index (χ2v) is 7.44. The Kier molecular flexibility index (Phi) is 3.60. The van der Waals surface area contributed by atoms with Crippen molar-refractivity contribution in [2.45, 2.75) is 24.5 Å². The third-order valence-electron chi connectivity index (χ3n) is 2.69. The number of nitrogen functional groups attached to an aromatic ring is 1. The minimum Gasteiger partial charge on any atom is -0.398 e. The van der Waals surface area contributed by atoms with Gasteiger partial charge in [0.2, 0.25) is 0 Å². The molecule has 0 aliphatic rings. The molecule has 1 aromatic carbocycles. The average molecular weight is 300 g/mol. The second-order valence-electron chi connectivity index (χ2n) is 4.19. The molecule has 0 aliphatic heterocycles. The van der Waals surface area contributed by atoms with Crippen molar-refractivity contribution in [1.29, 1.82) is 0 Å². The maximum absolute atomic E-state index is 12.9. The SMILES string of the molecule is Cc1nc(CS(=O)(=O)c2ccc(F)cc2N)sc1C. The predicted octanol–water partition coefficient (Wildman–Crippen LogP) is 2.46. The highest BCUT2D eigenvalue weighted by Gasteiger charge is 2.21. The first-order chi connectivity index (χ1) is 8.79. The molecule has 2 N–H and O–H groups in total. The Balaban J connectivity index is 2.37. The minimum absolute atomic E-state index is 0.0561. The van der Waals surface area contributed by atoms with E-state index in [4.69, 9.17) is 5.73 Å². The summed E-state index contributed by atoms with van der Waals surface area (Å²) < 4.78 is 37.4. The summed E-state index contributed by atoms with van der Waals surface area (Å²) in [6, 6.07) is 3.28. The van der Waals surface area contributed by atoms with Gasteiger partial charge in [0.15, 0.2) is 9.84 Å². The molecule has 0 atom stereocenters.